The Balaban J connectivity index is 1.65. The zero-order chi connectivity index (χ0) is 11.1. The summed E-state index contributed by atoms with van der Waals surface area (Å²) in [4.78, 5) is 0. The van der Waals surface area contributed by atoms with Crippen molar-refractivity contribution in [1.29, 1.82) is 0 Å². The first-order valence-corrected chi connectivity index (χ1v) is 5.92. The Morgan fingerprint density at radius 1 is 1.06 bits per heavy atom. The molecule has 0 N–H and O–H groups in total. The molecule has 0 heterocycles. The molecule has 0 radical (unpaired) electrons. The van der Waals surface area contributed by atoms with Crippen molar-refractivity contribution in [3.05, 3.63) is 59.7 Å². The van der Waals surface area contributed by atoms with Gasteiger partial charge in [0, 0.05) is 0 Å². The molecule has 1 heteroatoms. The van der Waals surface area contributed by atoms with Gasteiger partial charge in [0.25, 0.3) is 0 Å². The zero-order valence-corrected chi connectivity index (χ0v) is 9.56. The van der Waals surface area contributed by atoms with Gasteiger partial charge in [-0.3, -0.25) is 0 Å². The maximum absolute atomic E-state index is 5.65. The van der Waals surface area contributed by atoms with E-state index in [9.17, 15) is 0 Å². The minimum absolute atomic E-state index is 0.720. The van der Waals surface area contributed by atoms with Crippen LogP contribution >= 0.6 is 0 Å². The number of allylic oxidation sites excluding steroid dienone is 3. The summed E-state index contributed by atoms with van der Waals surface area (Å²) in [5.41, 5.74) is 2.66. The van der Waals surface area contributed by atoms with E-state index in [-0.39, 0.29) is 0 Å². The van der Waals surface area contributed by atoms with Gasteiger partial charge in [-0.05, 0) is 24.8 Å². The molecule has 0 bridgehead atoms. The Morgan fingerprint density at radius 3 is 2.69 bits per heavy atom. The lowest BCUT2D eigenvalue weighted by Gasteiger charge is -2.07. The molecule has 2 rings (SSSR count). The van der Waals surface area contributed by atoms with Gasteiger partial charge in [0.2, 0.25) is 0 Å². The lowest BCUT2D eigenvalue weighted by molar-refractivity contribution is 0.124. The molecule has 84 valence electrons. The lowest BCUT2D eigenvalue weighted by atomic mass is 10.1. The number of ether oxygens (including phenoxy) is 1. The van der Waals surface area contributed by atoms with Crippen LogP contribution in [0.15, 0.2) is 54.1 Å². The molecular formula is C15H18O. The smallest absolute Gasteiger partial charge is 0.0717 e. The highest BCUT2D eigenvalue weighted by Crippen LogP contribution is 2.13. The molecule has 1 aromatic carbocycles. The lowest BCUT2D eigenvalue weighted by Crippen LogP contribution is -1.97. The van der Waals surface area contributed by atoms with Crippen molar-refractivity contribution in [3.8, 4) is 0 Å². The van der Waals surface area contributed by atoms with E-state index in [1.807, 2.05) is 18.2 Å². The van der Waals surface area contributed by atoms with E-state index >= 15 is 0 Å². The van der Waals surface area contributed by atoms with Crippen molar-refractivity contribution in [2.24, 2.45) is 0 Å². The molecule has 0 atom stereocenters. The van der Waals surface area contributed by atoms with E-state index in [1.54, 1.807) is 0 Å². The van der Waals surface area contributed by atoms with Crippen molar-refractivity contribution in [2.45, 2.75) is 25.9 Å². The van der Waals surface area contributed by atoms with Crippen molar-refractivity contribution < 1.29 is 4.74 Å². The summed E-state index contributed by atoms with van der Waals surface area (Å²) >= 11 is 0. The number of hydrogen-bond donors (Lipinski definition) is 0. The Hall–Kier alpha value is -1.34. The van der Waals surface area contributed by atoms with Crippen molar-refractivity contribution >= 4 is 0 Å². The van der Waals surface area contributed by atoms with Gasteiger partial charge in [0.1, 0.15) is 0 Å². The Bertz CT molecular complexity index is 362. The Kier molecular flexibility index (Phi) is 4.38. The predicted molar refractivity (Wildman–Crippen MR) is 67.2 cm³/mol. The van der Waals surface area contributed by atoms with Gasteiger partial charge in [-0.2, -0.15) is 0 Å². The number of rotatable bonds is 5. The molecule has 0 saturated carbocycles. The first-order valence-electron chi connectivity index (χ1n) is 5.92. The molecule has 0 spiro atoms. The van der Waals surface area contributed by atoms with Crippen LogP contribution in [0.1, 0.15) is 24.8 Å². The summed E-state index contributed by atoms with van der Waals surface area (Å²) in [7, 11) is 0. The van der Waals surface area contributed by atoms with Crippen LogP contribution in [0.25, 0.3) is 0 Å². The molecule has 16 heavy (non-hydrogen) atoms. The Morgan fingerprint density at radius 2 is 1.94 bits per heavy atom. The van der Waals surface area contributed by atoms with E-state index in [1.165, 1.54) is 24.0 Å². The molecule has 1 aliphatic carbocycles. The molecule has 0 amide bonds. The second-order valence-corrected chi connectivity index (χ2v) is 4.05. The first kappa shape index (κ1) is 11.2. The molecule has 0 aliphatic heterocycles. The molecule has 0 saturated heterocycles. The van der Waals surface area contributed by atoms with Gasteiger partial charge in [-0.25, -0.2) is 0 Å². The minimum atomic E-state index is 0.720. The van der Waals surface area contributed by atoms with Crippen LogP contribution in [-0.4, -0.2) is 6.61 Å². The summed E-state index contributed by atoms with van der Waals surface area (Å²) in [5, 5.41) is 0. The maximum atomic E-state index is 5.65. The van der Waals surface area contributed by atoms with Crippen molar-refractivity contribution in [3.63, 3.8) is 0 Å². The number of hydrogen-bond acceptors (Lipinski definition) is 1. The molecule has 0 aromatic heterocycles. The van der Waals surface area contributed by atoms with Crippen LogP contribution in [-0.2, 0) is 11.3 Å². The molecule has 0 fully saturated rings. The number of benzene rings is 1. The first-order chi connectivity index (χ1) is 7.95. The van der Waals surface area contributed by atoms with Crippen LogP contribution in [0.4, 0.5) is 0 Å². The van der Waals surface area contributed by atoms with Crippen LogP contribution < -0.4 is 0 Å². The third-order valence-electron chi connectivity index (χ3n) is 2.72. The van der Waals surface area contributed by atoms with Gasteiger partial charge in [-0.15, -0.1) is 0 Å². The van der Waals surface area contributed by atoms with Crippen LogP contribution in [0.3, 0.4) is 0 Å². The molecule has 1 aromatic rings. The van der Waals surface area contributed by atoms with Crippen LogP contribution in [0.5, 0.6) is 0 Å². The molecule has 0 unspecified atom stereocenters. The largest absolute Gasteiger partial charge is 0.376 e. The maximum Gasteiger partial charge on any atom is 0.0717 e. The van der Waals surface area contributed by atoms with E-state index in [0.717, 1.165) is 19.6 Å². The fourth-order valence-electron chi connectivity index (χ4n) is 1.81. The molecule has 1 aliphatic rings. The molecular weight excluding hydrogens is 196 g/mol. The summed E-state index contributed by atoms with van der Waals surface area (Å²) in [6, 6.07) is 10.3. The zero-order valence-electron chi connectivity index (χ0n) is 9.56. The normalized spacial score (nSPS) is 14.9. The quantitative estimate of drug-likeness (QED) is 0.676. The summed E-state index contributed by atoms with van der Waals surface area (Å²) in [6.45, 7) is 1.53. The third kappa shape index (κ3) is 3.67. The second kappa shape index (κ2) is 6.29. The molecule has 1 nitrogen and oxygen atoms in total. The Labute approximate surface area is 97.4 Å². The van der Waals surface area contributed by atoms with E-state index in [2.05, 4.69) is 30.4 Å². The summed E-state index contributed by atoms with van der Waals surface area (Å²) < 4.78 is 5.65. The monoisotopic (exact) mass is 214 g/mol. The second-order valence-electron chi connectivity index (χ2n) is 4.05. The van der Waals surface area contributed by atoms with Crippen molar-refractivity contribution in [1.82, 2.24) is 0 Å². The van der Waals surface area contributed by atoms with E-state index in [4.69, 9.17) is 4.74 Å². The van der Waals surface area contributed by atoms with Crippen LogP contribution in [0, 0.1) is 0 Å². The van der Waals surface area contributed by atoms with Gasteiger partial charge in [0.15, 0.2) is 0 Å². The third-order valence-corrected chi connectivity index (χ3v) is 2.72. The highest BCUT2D eigenvalue weighted by atomic mass is 16.5. The standard InChI is InChI=1S/C15H18O/c1-3-7-14(8-4-1)11-12-16-13-15-9-5-2-6-10-15/h2-3,5-10H,1,4,11-13H2. The van der Waals surface area contributed by atoms with Crippen LogP contribution in [0.2, 0.25) is 0 Å². The average molecular weight is 214 g/mol. The average Bonchev–Trinajstić information content (AvgIpc) is 2.37. The predicted octanol–water partition coefficient (Wildman–Crippen LogP) is 3.87. The van der Waals surface area contributed by atoms with Gasteiger partial charge < -0.3 is 4.74 Å². The van der Waals surface area contributed by atoms with E-state index in [0.29, 0.717) is 0 Å². The van der Waals surface area contributed by atoms with Gasteiger partial charge >= 0.3 is 0 Å². The topological polar surface area (TPSA) is 9.23 Å². The van der Waals surface area contributed by atoms with Gasteiger partial charge in [-0.1, -0.05) is 54.1 Å². The minimum Gasteiger partial charge on any atom is -0.376 e. The van der Waals surface area contributed by atoms with Gasteiger partial charge in [0.05, 0.1) is 13.2 Å². The summed E-state index contributed by atoms with van der Waals surface area (Å²) in [5.74, 6) is 0. The highest BCUT2D eigenvalue weighted by Gasteiger charge is 1.97. The van der Waals surface area contributed by atoms with E-state index < -0.39 is 0 Å². The highest BCUT2D eigenvalue weighted by molar-refractivity contribution is 5.21. The van der Waals surface area contributed by atoms with Crippen molar-refractivity contribution in [2.75, 3.05) is 6.61 Å². The SMILES string of the molecule is C1=CC(CCOCc2ccccc2)=CCC1. The fourth-order valence-corrected chi connectivity index (χ4v) is 1.81. The summed E-state index contributed by atoms with van der Waals surface area (Å²) in [6.07, 6.45) is 10.2. The fraction of sp³-hybridized carbons (Fsp3) is 0.333.